The highest BCUT2D eigenvalue weighted by atomic mass is 32.2. The molecule has 1 aliphatic carbocycles. The quantitative estimate of drug-likeness (QED) is 0.848. The summed E-state index contributed by atoms with van der Waals surface area (Å²) in [6.07, 6.45) is 2.23. The molecule has 1 amide bonds. The van der Waals surface area contributed by atoms with Gasteiger partial charge in [-0.3, -0.25) is 9.59 Å². The fourth-order valence-corrected chi connectivity index (χ4v) is 3.52. The molecule has 2 N–H and O–H groups in total. The van der Waals surface area contributed by atoms with Gasteiger partial charge in [-0.15, -0.1) is 11.8 Å². The monoisotopic (exact) mass is 307 g/mol. The highest BCUT2D eigenvalue weighted by molar-refractivity contribution is 7.99. The van der Waals surface area contributed by atoms with Crippen molar-refractivity contribution in [3.8, 4) is 0 Å². The summed E-state index contributed by atoms with van der Waals surface area (Å²) in [4.78, 5) is 23.3. The third-order valence-corrected chi connectivity index (χ3v) is 5.13. The molecule has 0 bridgehead atoms. The molecular weight excluding hydrogens is 286 g/mol. The lowest BCUT2D eigenvalue weighted by Crippen LogP contribution is -2.47. The standard InChI is InChI=1S/C16H21NO3S/c1-16(15(19)20)9-5-8-13(16)17-14(18)11-21-10-12-6-3-2-4-7-12/h2-4,6-7,13H,5,8-11H2,1H3,(H,17,18)(H,19,20). The average molecular weight is 307 g/mol. The van der Waals surface area contributed by atoms with Crippen LogP contribution in [-0.4, -0.2) is 28.8 Å². The van der Waals surface area contributed by atoms with Crippen molar-refractivity contribution in [2.75, 3.05) is 5.75 Å². The number of hydrogen-bond acceptors (Lipinski definition) is 3. The molecule has 1 fully saturated rings. The van der Waals surface area contributed by atoms with Crippen molar-refractivity contribution >= 4 is 23.6 Å². The molecule has 0 aliphatic heterocycles. The fourth-order valence-electron chi connectivity index (χ4n) is 2.73. The molecule has 0 radical (unpaired) electrons. The summed E-state index contributed by atoms with van der Waals surface area (Å²) >= 11 is 1.55. The number of thioether (sulfide) groups is 1. The first-order valence-electron chi connectivity index (χ1n) is 7.17. The summed E-state index contributed by atoms with van der Waals surface area (Å²) in [5.41, 5.74) is 0.367. The average Bonchev–Trinajstić information content (AvgIpc) is 2.83. The molecule has 1 aromatic carbocycles. The molecule has 114 valence electrons. The number of nitrogens with one attached hydrogen (secondary N) is 1. The van der Waals surface area contributed by atoms with E-state index in [-0.39, 0.29) is 11.9 Å². The molecule has 2 unspecified atom stereocenters. The Hall–Kier alpha value is -1.49. The van der Waals surface area contributed by atoms with Gasteiger partial charge in [-0.1, -0.05) is 36.8 Å². The van der Waals surface area contributed by atoms with Gasteiger partial charge in [0.2, 0.25) is 5.91 Å². The molecule has 1 aliphatic rings. The highest BCUT2D eigenvalue weighted by Crippen LogP contribution is 2.38. The van der Waals surface area contributed by atoms with Crippen LogP contribution in [-0.2, 0) is 15.3 Å². The van der Waals surface area contributed by atoms with Gasteiger partial charge in [0.25, 0.3) is 0 Å². The molecular formula is C16H21NO3S. The number of carboxylic acid groups (broad SMARTS) is 1. The van der Waals surface area contributed by atoms with Gasteiger partial charge in [0, 0.05) is 11.8 Å². The first-order valence-corrected chi connectivity index (χ1v) is 8.32. The molecule has 21 heavy (non-hydrogen) atoms. The molecule has 0 heterocycles. The summed E-state index contributed by atoms with van der Waals surface area (Å²) in [5, 5.41) is 12.2. The van der Waals surface area contributed by atoms with Crippen LogP contribution in [0.2, 0.25) is 0 Å². The van der Waals surface area contributed by atoms with Gasteiger partial charge in [0.1, 0.15) is 0 Å². The Bertz CT molecular complexity index is 506. The number of carboxylic acids is 1. The molecule has 0 aromatic heterocycles. The number of amides is 1. The Morgan fingerprint density at radius 2 is 2.10 bits per heavy atom. The highest BCUT2D eigenvalue weighted by Gasteiger charge is 2.45. The second-order valence-electron chi connectivity index (χ2n) is 5.71. The van der Waals surface area contributed by atoms with Crippen LogP contribution in [0.1, 0.15) is 31.7 Å². The summed E-state index contributed by atoms with van der Waals surface area (Å²) in [6, 6.07) is 9.74. The van der Waals surface area contributed by atoms with Crippen LogP contribution < -0.4 is 5.32 Å². The van der Waals surface area contributed by atoms with Gasteiger partial charge in [-0.25, -0.2) is 0 Å². The Balaban J connectivity index is 1.78. The normalized spacial score (nSPS) is 24.7. The minimum Gasteiger partial charge on any atom is -0.481 e. The van der Waals surface area contributed by atoms with E-state index < -0.39 is 11.4 Å². The van der Waals surface area contributed by atoms with E-state index in [1.54, 1.807) is 18.7 Å². The summed E-state index contributed by atoms with van der Waals surface area (Å²) in [7, 11) is 0. The maximum Gasteiger partial charge on any atom is 0.311 e. The first kappa shape index (κ1) is 15.9. The molecule has 2 rings (SSSR count). The van der Waals surface area contributed by atoms with Crippen LogP contribution >= 0.6 is 11.8 Å². The zero-order valence-electron chi connectivity index (χ0n) is 12.2. The number of carbonyl (C=O) groups is 2. The van der Waals surface area contributed by atoms with E-state index >= 15 is 0 Å². The van der Waals surface area contributed by atoms with E-state index in [1.165, 1.54) is 5.56 Å². The van der Waals surface area contributed by atoms with Crippen molar-refractivity contribution in [1.82, 2.24) is 5.32 Å². The Kier molecular flexibility index (Phi) is 5.28. The van der Waals surface area contributed by atoms with Gasteiger partial charge in [0.05, 0.1) is 11.2 Å². The van der Waals surface area contributed by atoms with E-state index in [1.807, 2.05) is 30.3 Å². The van der Waals surface area contributed by atoms with Crippen LogP contribution in [0.4, 0.5) is 0 Å². The van der Waals surface area contributed by atoms with Crippen molar-refractivity contribution < 1.29 is 14.7 Å². The third kappa shape index (κ3) is 4.00. The van der Waals surface area contributed by atoms with Crippen LogP contribution in [0.3, 0.4) is 0 Å². The summed E-state index contributed by atoms with van der Waals surface area (Å²) < 4.78 is 0. The minimum absolute atomic E-state index is 0.0738. The number of aliphatic carboxylic acids is 1. The summed E-state index contributed by atoms with van der Waals surface area (Å²) in [5.74, 6) is 0.258. The van der Waals surface area contributed by atoms with Crippen LogP contribution in [0.15, 0.2) is 30.3 Å². The van der Waals surface area contributed by atoms with Crippen molar-refractivity contribution in [2.24, 2.45) is 5.41 Å². The lowest BCUT2D eigenvalue weighted by Gasteiger charge is -2.27. The third-order valence-electron chi connectivity index (χ3n) is 4.13. The zero-order valence-corrected chi connectivity index (χ0v) is 13.0. The molecule has 1 aromatic rings. The molecule has 0 spiro atoms. The second-order valence-corrected chi connectivity index (χ2v) is 6.70. The first-order chi connectivity index (χ1) is 10.0. The zero-order chi connectivity index (χ0) is 15.3. The molecule has 4 nitrogen and oxygen atoms in total. The van der Waals surface area contributed by atoms with Gasteiger partial charge in [-0.05, 0) is 25.3 Å². The predicted molar refractivity (Wildman–Crippen MR) is 84.1 cm³/mol. The molecule has 1 saturated carbocycles. The lowest BCUT2D eigenvalue weighted by atomic mass is 9.85. The minimum atomic E-state index is -0.820. The number of carbonyl (C=O) groups excluding carboxylic acids is 1. The summed E-state index contributed by atoms with van der Waals surface area (Å²) in [6.45, 7) is 1.73. The Morgan fingerprint density at radius 1 is 1.38 bits per heavy atom. The lowest BCUT2D eigenvalue weighted by molar-refractivity contribution is -0.149. The molecule has 5 heteroatoms. The van der Waals surface area contributed by atoms with Gasteiger partial charge in [-0.2, -0.15) is 0 Å². The predicted octanol–water partition coefficient (Wildman–Crippen LogP) is 2.68. The number of hydrogen-bond donors (Lipinski definition) is 2. The van der Waals surface area contributed by atoms with Gasteiger partial charge < -0.3 is 10.4 Å². The number of rotatable bonds is 6. The van der Waals surface area contributed by atoms with Gasteiger partial charge >= 0.3 is 5.97 Å². The number of benzene rings is 1. The fraction of sp³-hybridized carbons (Fsp3) is 0.500. The molecule has 0 saturated heterocycles. The van der Waals surface area contributed by atoms with E-state index in [2.05, 4.69) is 5.32 Å². The Labute approximate surface area is 129 Å². The van der Waals surface area contributed by atoms with Crippen molar-refractivity contribution in [3.05, 3.63) is 35.9 Å². The Morgan fingerprint density at radius 3 is 2.76 bits per heavy atom. The van der Waals surface area contributed by atoms with Crippen LogP contribution in [0, 0.1) is 5.41 Å². The van der Waals surface area contributed by atoms with Crippen LogP contribution in [0.25, 0.3) is 0 Å². The molecule has 2 atom stereocenters. The van der Waals surface area contributed by atoms with Crippen molar-refractivity contribution in [2.45, 2.75) is 38.0 Å². The maximum absolute atomic E-state index is 12.0. The van der Waals surface area contributed by atoms with E-state index in [4.69, 9.17) is 0 Å². The topological polar surface area (TPSA) is 66.4 Å². The van der Waals surface area contributed by atoms with E-state index in [9.17, 15) is 14.7 Å². The van der Waals surface area contributed by atoms with Crippen LogP contribution in [0.5, 0.6) is 0 Å². The second kappa shape index (κ2) is 6.98. The van der Waals surface area contributed by atoms with Crippen molar-refractivity contribution in [3.63, 3.8) is 0 Å². The van der Waals surface area contributed by atoms with Gasteiger partial charge in [0.15, 0.2) is 0 Å². The SMILES string of the molecule is CC1(C(=O)O)CCCC1NC(=O)CSCc1ccccc1. The smallest absolute Gasteiger partial charge is 0.311 e. The maximum atomic E-state index is 12.0. The van der Waals surface area contributed by atoms with E-state index in [0.29, 0.717) is 12.2 Å². The van der Waals surface area contributed by atoms with E-state index in [0.717, 1.165) is 18.6 Å². The largest absolute Gasteiger partial charge is 0.481 e. The van der Waals surface area contributed by atoms with Crippen molar-refractivity contribution in [1.29, 1.82) is 0 Å².